The molecule has 1 aromatic rings. The van der Waals surface area contributed by atoms with E-state index in [1.807, 2.05) is 0 Å². The molecule has 9 heteroatoms. The van der Waals surface area contributed by atoms with Crippen LogP contribution in [0.1, 0.15) is 19.3 Å². The molecule has 0 spiro atoms. The molecular formula is C9H8O8S. The zero-order chi connectivity index (χ0) is 13.4. The summed E-state index contributed by atoms with van der Waals surface area (Å²) < 4.78 is 10.1. The Hall–Kier alpha value is -1.84. The van der Waals surface area contributed by atoms with Crippen LogP contribution in [0, 0.1) is 0 Å². The van der Waals surface area contributed by atoms with E-state index in [9.17, 15) is 9.59 Å². The standard InChI is InChI=1S/C9H8O8S/c10-7(11)2-1-16-3-4(17-2)6(9(14)15)18-5(3)8(12)13/h2,7,10-11H,1H2,(H,12,13)(H,14,15). The van der Waals surface area contributed by atoms with Gasteiger partial charge in [-0.25, -0.2) is 9.59 Å². The van der Waals surface area contributed by atoms with E-state index in [4.69, 9.17) is 29.9 Å². The normalized spacial score (nSPS) is 17.8. The first kappa shape index (κ1) is 12.6. The summed E-state index contributed by atoms with van der Waals surface area (Å²) in [5.41, 5.74) is 0. The number of aliphatic hydroxyl groups is 2. The molecule has 98 valence electrons. The number of carboxylic acids is 2. The van der Waals surface area contributed by atoms with Gasteiger partial charge in [-0.2, -0.15) is 0 Å². The lowest BCUT2D eigenvalue weighted by Crippen LogP contribution is -2.39. The molecule has 0 fully saturated rings. The van der Waals surface area contributed by atoms with E-state index in [0.29, 0.717) is 11.3 Å². The molecule has 0 bridgehead atoms. The molecule has 0 aliphatic carbocycles. The summed E-state index contributed by atoms with van der Waals surface area (Å²) in [7, 11) is 0. The van der Waals surface area contributed by atoms with Crippen molar-refractivity contribution in [3.63, 3.8) is 0 Å². The van der Waals surface area contributed by atoms with Gasteiger partial charge in [-0.1, -0.05) is 0 Å². The summed E-state index contributed by atoms with van der Waals surface area (Å²) in [5, 5.41) is 35.7. The predicted molar refractivity (Wildman–Crippen MR) is 56.4 cm³/mol. The van der Waals surface area contributed by atoms with Crippen LogP contribution in [-0.2, 0) is 0 Å². The maximum absolute atomic E-state index is 10.9. The number of ether oxygens (including phenoxy) is 2. The lowest BCUT2D eigenvalue weighted by Gasteiger charge is -2.26. The van der Waals surface area contributed by atoms with Gasteiger partial charge in [0.1, 0.15) is 6.61 Å². The highest BCUT2D eigenvalue weighted by molar-refractivity contribution is 7.16. The number of aliphatic hydroxyl groups excluding tert-OH is 1. The van der Waals surface area contributed by atoms with Gasteiger partial charge in [-0.05, 0) is 0 Å². The zero-order valence-electron chi connectivity index (χ0n) is 8.69. The highest BCUT2D eigenvalue weighted by Crippen LogP contribution is 2.45. The third kappa shape index (κ3) is 1.98. The molecule has 8 nitrogen and oxygen atoms in total. The molecule has 1 aromatic heterocycles. The van der Waals surface area contributed by atoms with Crippen LogP contribution in [0.5, 0.6) is 11.5 Å². The van der Waals surface area contributed by atoms with Crippen LogP contribution in [0.2, 0.25) is 0 Å². The summed E-state index contributed by atoms with van der Waals surface area (Å²) in [4.78, 5) is 21.2. The molecule has 0 saturated heterocycles. The molecule has 0 aromatic carbocycles. The largest absolute Gasteiger partial charge is 0.484 e. The average Bonchev–Trinajstić information content (AvgIpc) is 2.67. The van der Waals surface area contributed by atoms with Crippen LogP contribution in [0.4, 0.5) is 0 Å². The first-order chi connectivity index (χ1) is 8.41. The Bertz CT molecular complexity index is 505. The number of rotatable bonds is 3. The first-order valence-corrected chi connectivity index (χ1v) is 5.52. The molecule has 0 amide bonds. The van der Waals surface area contributed by atoms with Crippen LogP contribution in [-0.4, -0.2) is 51.4 Å². The molecule has 2 heterocycles. The van der Waals surface area contributed by atoms with Crippen molar-refractivity contribution >= 4 is 23.3 Å². The third-order valence-corrected chi connectivity index (χ3v) is 3.33. The second-order valence-electron chi connectivity index (χ2n) is 3.41. The number of hydrogen-bond acceptors (Lipinski definition) is 7. The van der Waals surface area contributed by atoms with Crippen LogP contribution >= 0.6 is 11.3 Å². The fraction of sp³-hybridized carbons (Fsp3) is 0.333. The summed E-state index contributed by atoms with van der Waals surface area (Å²) in [6.07, 6.45) is -3.01. The topological polar surface area (TPSA) is 134 Å². The van der Waals surface area contributed by atoms with Crippen LogP contribution in [0.15, 0.2) is 0 Å². The first-order valence-electron chi connectivity index (χ1n) is 4.70. The molecule has 1 aliphatic rings. The van der Waals surface area contributed by atoms with Crippen molar-refractivity contribution in [3.8, 4) is 11.5 Å². The lowest BCUT2D eigenvalue weighted by atomic mass is 10.2. The van der Waals surface area contributed by atoms with Gasteiger partial charge in [0.2, 0.25) is 0 Å². The molecule has 4 N–H and O–H groups in total. The average molecular weight is 276 g/mol. The Balaban J connectivity index is 2.48. The van der Waals surface area contributed by atoms with Crippen molar-refractivity contribution in [1.29, 1.82) is 0 Å². The van der Waals surface area contributed by atoms with Crippen molar-refractivity contribution < 1.29 is 39.5 Å². The Morgan fingerprint density at radius 1 is 1.17 bits per heavy atom. The van der Waals surface area contributed by atoms with Crippen molar-refractivity contribution in [2.45, 2.75) is 12.4 Å². The minimum atomic E-state index is -1.85. The highest BCUT2D eigenvalue weighted by Gasteiger charge is 2.36. The third-order valence-electron chi connectivity index (χ3n) is 2.20. The number of carbonyl (C=O) groups is 2. The maximum atomic E-state index is 10.9. The Labute approximate surface area is 104 Å². The summed E-state index contributed by atoms with van der Waals surface area (Å²) in [5.74, 6) is -3.19. The van der Waals surface area contributed by atoms with Crippen LogP contribution in [0.3, 0.4) is 0 Å². The molecule has 0 saturated carbocycles. The lowest BCUT2D eigenvalue weighted by molar-refractivity contribution is -0.129. The minimum Gasteiger partial charge on any atom is -0.484 e. The fourth-order valence-electron chi connectivity index (χ4n) is 1.42. The SMILES string of the molecule is O=C(O)c1sc(C(=O)O)c2c1OCC(C(O)O)O2. The summed E-state index contributed by atoms with van der Waals surface area (Å²) >= 11 is 0.493. The van der Waals surface area contributed by atoms with Gasteiger partial charge >= 0.3 is 11.9 Å². The van der Waals surface area contributed by atoms with E-state index in [0.717, 1.165) is 0 Å². The molecule has 1 atom stereocenters. The molecule has 2 rings (SSSR count). The minimum absolute atomic E-state index is 0.193. The predicted octanol–water partition coefficient (Wildman–Crippen LogP) is -0.405. The second-order valence-corrected chi connectivity index (χ2v) is 4.43. The number of carboxylic acid groups (broad SMARTS) is 2. The van der Waals surface area contributed by atoms with E-state index in [2.05, 4.69) is 0 Å². The Morgan fingerprint density at radius 2 is 1.72 bits per heavy atom. The number of thiophene rings is 1. The van der Waals surface area contributed by atoms with E-state index < -0.39 is 24.3 Å². The molecular weight excluding hydrogens is 268 g/mol. The molecule has 18 heavy (non-hydrogen) atoms. The summed E-state index contributed by atoms with van der Waals surface area (Å²) in [6, 6.07) is 0. The van der Waals surface area contributed by atoms with E-state index in [1.54, 1.807) is 0 Å². The highest BCUT2D eigenvalue weighted by atomic mass is 32.1. The van der Waals surface area contributed by atoms with Gasteiger partial charge in [0, 0.05) is 0 Å². The fourth-order valence-corrected chi connectivity index (χ4v) is 2.28. The number of fused-ring (bicyclic) bond motifs is 1. The van der Waals surface area contributed by atoms with Crippen molar-refractivity contribution in [2.75, 3.05) is 6.61 Å². The Kier molecular flexibility index (Phi) is 3.11. The number of aromatic carboxylic acids is 2. The van der Waals surface area contributed by atoms with Gasteiger partial charge < -0.3 is 29.9 Å². The van der Waals surface area contributed by atoms with Gasteiger partial charge in [0.05, 0.1) is 0 Å². The quantitative estimate of drug-likeness (QED) is 0.548. The van der Waals surface area contributed by atoms with Crippen molar-refractivity contribution in [3.05, 3.63) is 9.75 Å². The molecule has 0 radical (unpaired) electrons. The van der Waals surface area contributed by atoms with Crippen LogP contribution < -0.4 is 9.47 Å². The van der Waals surface area contributed by atoms with Crippen molar-refractivity contribution in [2.24, 2.45) is 0 Å². The smallest absolute Gasteiger partial charge is 0.349 e. The van der Waals surface area contributed by atoms with Crippen molar-refractivity contribution in [1.82, 2.24) is 0 Å². The van der Waals surface area contributed by atoms with Crippen LogP contribution in [0.25, 0.3) is 0 Å². The van der Waals surface area contributed by atoms with Gasteiger partial charge in [-0.15, -0.1) is 11.3 Å². The maximum Gasteiger partial charge on any atom is 0.349 e. The monoisotopic (exact) mass is 276 g/mol. The van der Waals surface area contributed by atoms with E-state index in [1.165, 1.54) is 0 Å². The van der Waals surface area contributed by atoms with E-state index in [-0.39, 0.29) is 27.9 Å². The second kappa shape index (κ2) is 4.44. The number of hydrogen-bond donors (Lipinski definition) is 4. The van der Waals surface area contributed by atoms with Gasteiger partial charge in [-0.3, -0.25) is 0 Å². The Morgan fingerprint density at radius 3 is 2.22 bits per heavy atom. The molecule has 1 aliphatic heterocycles. The summed E-state index contributed by atoms with van der Waals surface area (Å²) in [6.45, 7) is -0.277. The van der Waals surface area contributed by atoms with E-state index >= 15 is 0 Å². The zero-order valence-corrected chi connectivity index (χ0v) is 9.51. The van der Waals surface area contributed by atoms with Gasteiger partial charge in [0.25, 0.3) is 0 Å². The molecule has 1 unspecified atom stereocenters. The van der Waals surface area contributed by atoms with Gasteiger partial charge in [0.15, 0.2) is 33.6 Å².